The Hall–Kier alpha value is -4.06. The molecule has 0 bridgehead atoms. The molecule has 0 atom stereocenters. The molecule has 43 heavy (non-hydrogen) atoms. The highest BCUT2D eigenvalue weighted by Gasteiger charge is 2.20. The molecule has 3 aromatic carbocycles. The predicted octanol–water partition coefficient (Wildman–Crippen LogP) is 4.54. The van der Waals surface area contributed by atoms with Gasteiger partial charge in [0.15, 0.2) is 0 Å². The van der Waals surface area contributed by atoms with E-state index in [9.17, 15) is 13.2 Å². The molecule has 1 saturated heterocycles. The molecular formula is C32H36N6O4S. The smallest absolute Gasteiger partial charge is 0.259 e. The minimum Gasteiger partial charge on any atom is -0.493 e. The summed E-state index contributed by atoms with van der Waals surface area (Å²) in [5.74, 6) is 0.682. The predicted molar refractivity (Wildman–Crippen MR) is 168 cm³/mol. The Morgan fingerprint density at radius 2 is 1.81 bits per heavy atom. The van der Waals surface area contributed by atoms with Gasteiger partial charge in [-0.25, -0.2) is 23.1 Å². The SMILES string of the molecule is CCCOc1ccc(S(=O)(=O)NCCN2CCCCC2)cc1-c1nc2cc3ncn(Cc4ccccc4)c3cc2c(=O)[nH]1. The normalized spacial score (nSPS) is 14.4. The molecule has 2 aromatic heterocycles. The minimum atomic E-state index is -3.80. The maximum atomic E-state index is 13.4. The molecule has 1 aliphatic heterocycles. The molecule has 3 heterocycles. The molecule has 224 valence electrons. The van der Waals surface area contributed by atoms with Crippen LogP contribution < -0.4 is 15.0 Å². The summed E-state index contributed by atoms with van der Waals surface area (Å²) < 4.78 is 37.2. The van der Waals surface area contributed by atoms with Gasteiger partial charge in [0.25, 0.3) is 5.56 Å². The number of ether oxygens (including phenoxy) is 1. The van der Waals surface area contributed by atoms with Crippen molar-refractivity contribution in [3.05, 3.63) is 82.9 Å². The summed E-state index contributed by atoms with van der Waals surface area (Å²) in [5.41, 5.74) is 3.20. The van der Waals surface area contributed by atoms with Gasteiger partial charge in [-0.3, -0.25) is 4.79 Å². The molecule has 5 aromatic rings. The van der Waals surface area contributed by atoms with Gasteiger partial charge < -0.3 is 19.2 Å². The first-order chi connectivity index (χ1) is 20.9. The molecule has 0 radical (unpaired) electrons. The van der Waals surface area contributed by atoms with Crippen LogP contribution in [0.25, 0.3) is 33.3 Å². The number of piperidine rings is 1. The topological polar surface area (TPSA) is 122 Å². The van der Waals surface area contributed by atoms with Gasteiger partial charge in [0.05, 0.1) is 45.3 Å². The first-order valence-electron chi connectivity index (χ1n) is 14.8. The zero-order chi connectivity index (χ0) is 29.8. The first kappa shape index (κ1) is 29.0. The van der Waals surface area contributed by atoms with Crippen LogP contribution in [0.15, 0.2) is 76.7 Å². The van der Waals surface area contributed by atoms with Crippen LogP contribution in [-0.2, 0) is 16.6 Å². The molecule has 0 spiro atoms. The Kier molecular flexibility index (Phi) is 8.55. The summed E-state index contributed by atoms with van der Waals surface area (Å²) >= 11 is 0. The van der Waals surface area contributed by atoms with Gasteiger partial charge in [-0.15, -0.1) is 0 Å². The minimum absolute atomic E-state index is 0.0860. The maximum absolute atomic E-state index is 13.4. The van der Waals surface area contributed by atoms with Crippen LogP contribution in [0.4, 0.5) is 0 Å². The number of aromatic nitrogens is 4. The van der Waals surface area contributed by atoms with Gasteiger partial charge in [0.2, 0.25) is 10.0 Å². The molecule has 1 fully saturated rings. The van der Waals surface area contributed by atoms with Crippen molar-refractivity contribution in [2.45, 2.75) is 44.0 Å². The zero-order valence-electron chi connectivity index (χ0n) is 24.3. The number of nitrogens with zero attached hydrogens (tertiary/aromatic N) is 4. The lowest BCUT2D eigenvalue weighted by Gasteiger charge is -2.26. The maximum Gasteiger partial charge on any atom is 0.259 e. The molecule has 10 nitrogen and oxygen atoms in total. The molecular weight excluding hydrogens is 564 g/mol. The van der Waals surface area contributed by atoms with Crippen molar-refractivity contribution in [1.29, 1.82) is 0 Å². The third kappa shape index (κ3) is 6.48. The van der Waals surface area contributed by atoms with E-state index in [1.54, 1.807) is 24.5 Å². The number of hydrogen-bond acceptors (Lipinski definition) is 7. The van der Waals surface area contributed by atoms with Gasteiger partial charge in [-0.2, -0.15) is 0 Å². The van der Waals surface area contributed by atoms with Crippen molar-refractivity contribution in [1.82, 2.24) is 29.1 Å². The number of rotatable bonds is 11. The van der Waals surface area contributed by atoms with Crippen LogP contribution in [0.2, 0.25) is 0 Å². The third-order valence-corrected chi connectivity index (χ3v) is 9.25. The lowest BCUT2D eigenvalue weighted by Crippen LogP contribution is -2.37. The van der Waals surface area contributed by atoms with E-state index in [0.29, 0.717) is 54.0 Å². The van der Waals surface area contributed by atoms with E-state index in [1.165, 1.54) is 18.6 Å². The highest BCUT2D eigenvalue weighted by atomic mass is 32.2. The average molecular weight is 601 g/mol. The van der Waals surface area contributed by atoms with Gasteiger partial charge in [-0.05, 0) is 68.2 Å². The van der Waals surface area contributed by atoms with Crippen molar-refractivity contribution in [2.75, 3.05) is 32.8 Å². The number of fused-ring (bicyclic) bond motifs is 2. The number of sulfonamides is 1. The van der Waals surface area contributed by atoms with Gasteiger partial charge in [-0.1, -0.05) is 43.7 Å². The van der Waals surface area contributed by atoms with Gasteiger partial charge in [0.1, 0.15) is 11.6 Å². The standard InChI is InChI=1S/C32H36N6O4S/c1-2-17-42-30-12-11-24(43(40,41)34-13-16-37-14-7-4-8-15-37)18-26(30)31-35-27-20-28-29(19-25(27)32(39)36-31)38(22-33-28)21-23-9-5-3-6-10-23/h3,5-6,9-12,18-20,22,34H,2,4,7-8,13-17,21H2,1H3,(H,35,36,39). The van der Waals surface area contributed by atoms with Crippen LogP contribution >= 0.6 is 0 Å². The van der Waals surface area contributed by atoms with E-state index in [0.717, 1.165) is 43.4 Å². The molecule has 0 unspecified atom stereocenters. The van der Waals surface area contributed by atoms with Gasteiger partial charge in [0, 0.05) is 19.6 Å². The molecule has 11 heteroatoms. The summed E-state index contributed by atoms with van der Waals surface area (Å²) in [5, 5.41) is 0.422. The quantitative estimate of drug-likeness (QED) is 0.228. The Bertz CT molecular complexity index is 1900. The van der Waals surface area contributed by atoms with Crippen LogP contribution in [0.1, 0.15) is 38.2 Å². The van der Waals surface area contributed by atoms with E-state index in [1.807, 2.05) is 41.8 Å². The van der Waals surface area contributed by atoms with Crippen molar-refractivity contribution >= 4 is 32.0 Å². The number of benzene rings is 3. The Morgan fingerprint density at radius 1 is 1.00 bits per heavy atom. The highest BCUT2D eigenvalue weighted by Crippen LogP contribution is 2.31. The number of likely N-dealkylation sites (tertiary alicyclic amines) is 1. The second kappa shape index (κ2) is 12.7. The number of imidazole rings is 1. The largest absolute Gasteiger partial charge is 0.493 e. The van der Waals surface area contributed by atoms with Crippen molar-refractivity contribution in [2.24, 2.45) is 0 Å². The van der Waals surface area contributed by atoms with E-state index in [2.05, 4.69) is 19.6 Å². The van der Waals surface area contributed by atoms with Gasteiger partial charge >= 0.3 is 0 Å². The number of hydrogen-bond donors (Lipinski definition) is 2. The summed E-state index contributed by atoms with van der Waals surface area (Å²) in [7, 11) is -3.80. The summed E-state index contributed by atoms with van der Waals surface area (Å²) in [6, 6.07) is 18.3. The number of nitrogens with one attached hydrogen (secondary N) is 2. The molecule has 0 amide bonds. The highest BCUT2D eigenvalue weighted by molar-refractivity contribution is 7.89. The van der Waals surface area contributed by atoms with E-state index < -0.39 is 10.0 Å². The Labute approximate surface area is 250 Å². The second-order valence-electron chi connectivity index (χ2n) is 10.9. The lowest BCUT2D eigenvalue weighted by molar-refractivity contribution is 0.233. The zero-order valence-corrected chi connectivity index (χ0v) is 25.1. The number of aromatic amines is 1. The Morgan fingerprint density at radius 3 is 2.60 bits per heavy atom. The fourth-order valence-corrected chi connectivity index (χ4v) is 6.58. The molecule has 1 aliphatic rings. The lowest BCUT2D eigenvalue weighted by atomic mass is 10.1. The third-order valence-electron chi connectivity index (χ3n) is 7.79. The average Bonchev–Trinajstić information content (AvgIpc) is 3.41. The fourth-order valence-electron chi connectivity index (χ4n) is 5.53. The van der Waals surface area contributed by atoms with E-state index >= 15 is 0 Å². The summed E-state index contributed by atoms with van der Waals surface area (Å²) in [6.07, 6.45) is 6.04. The number of H-pyrrole nitrogens is 1. The van der Waals surface area contributed by atoms with Crippen molar-refractivity contribution < 1.29 is 13.2 Å². The van der Waals surface area contributed by atoms with Crippen LogP contribution in [-0.4, -0.2) is 65.6 Å². The summed E-state index contributed by atoms with van der Waals surface area (Å²) in [6.45, 7) is 6.03. The monoisotopic (exact) mass is 600 g/mol. The van der Waals surface area contributed by atoms with Crippen LogP contribution in [0, 0.1) is 0 Å². The second-order valence-corrected chi connectivity index (χ2v) is 12.7. The summed E-state index contributed by atoms with van der Waals surface area (Å²) in [4.78, 5) is 28.0. The van der Waals surface area contributed by atoms with Crippen LogP contribution in [0.3, 0.4) is 0 Å². The fraction of sp³-hybridized carbons (Fsp3) is 0.344. The van der Waals surface area contributed by atoms with Crippen molar-refractivity contribution in [3.8, 4) is 17.1 Å². The Balaban J connectivity index is 1.33. The van der Waals surface area contributed by atoms with Crippen LogP contribution in [0.5, 0.6) is 5.75 Å². The molecule has 6 rings (SSSR count). The van der Waals surface area contributed by atoms with E-state index in [-0.39, 0.29) is 16.3 Å². The molecule has 0 aliphatic carbocycles. The molecule has 2 N–H and O–H groups in total. The first-order valence-corrected chi connectivity index (χ1v) is 16.3. The molecule has 0 saturated carbocycles. The van der Waals surface area contributed by atoms with Crippen molar-refractivity contribution in [3.63, 3.8) is 0 Å². The van der Waals surface area contributed by atoms with E-state index in [4.69, 9.17) is 9.72 Å².